The van der Waals surface area contributed by atoms with Crippen LogP contribution >= 0.6 is 0 Å². The number of aryl methyl sites for hydroxylation is 2. The molecular weight excluding hydrogens is 236 g/mol. The van der Waals surface area contributed by atoms with Gasteiger partial charge in [0, 0.05) is 6.42 Å². The number of aromatic nitrogens is 1. The van der Waals surface area contributed by atoms with Crippen LogP contribution in [0.3, 0.4) is 0 Å². The van der Waals surface area contributed by atoms with Crippen LogP contribution in [0.1, 0.15) is 36.1 Å². The number of nitrogens with zero attached hydrogens (tertiary/aromatic N) is 1. The van der Waals surface area contributed by atoms with Crippen molar-refractivity contribution < 1.29 is 4.52 Å². The van der Waals surface area contributed by atoms with Crippen LogP contribution in [-0.2, 0) is 6.42 Å². The molecule has 3 nitrogen and oxygen atoms in total. The quantitative estimate of drug-likeness (QED) is 0.906. The van der Waals surface area contributed by atoms with Crippen molar-refractivity contribution in [3.05, 3.63) is 35.1 Å². The van der Waals surface area contributed by atoms with Crippen LogP contribution in [0.25, 0.3) is 11.1 Å². The molecule has 0 bridgehead atoms. The van der Waals surface area contributed by atoms with Crippen LogP contribution in [0, 0.1) is 19.8 Å². The van der Waals surface area contributed by atoms with Gasteiger partial charge in [-0.3, -0.25) is 0 Å². The second-order valence-corrected chi connectivity index (χ2v) is 5.67. The average molecular weight is 256 g/mol. The molecule has 19 heavy (non-hydrogen) atoms. The number of hydrogen-bond donors (Lipinski definition) is 1. The van der Waals surface area contributed by atoms with Crippen LogP contribution in [0.4, 0.5) is 5.82 Å². The Bertz CT molecular complexity index is 597. The van der Waals surface area contributed by atoms with E-state index in [1.807, 2.05) is 0 Å². The maximum atomic E-state index is 5.99. The van der Waals surface area contributed by atoms with E-state index in [9.17, 15) is 0 Å². The van der Waals surface area contributed by atoms with Crippen LogP contribution in [0.2, 0.25) is 0 Å². The Morgan fingerprint density at radius 1 is 1.26 bits per heavy atom. The fourth-order valence-corrected chi connectivity index (χ4v) is 2.64. The summed E-state index contributed by atoms with van der Waals surface area (Å²) in [6, 6.07) is 6.40. The van der Waals surface area contributed by atoms with Gasteiger partial charge in [-0.25, -0.2) is 0 Å². The SMILES string of the molecule is Cc1ccc(-c2c(N)noc2CC2CCC2)cc1C. The van der Waals surface area contributed by atoms with Gasteiger partial charge in [0.2, 0.25) is 0 Å². The summed E-state index contributed by atoms with van der Waals surface area (Å²) in [5, 5.41) is 3.96. The Hall–Kier alpha value is -1.77. The first-order valence-electron chi connectivity index (χ1n) is 6.97. The largest absolute Gasteiger partial charge is 0.380 e. The lowest BCUT2D eigenvalue weighted by molar-refractivity contribution is 0.279. The summed E-state index contributed by atoms with van der Waals surface area (Å²) in [4.78, 5) is 0. The van der Waals surface area contributed by atoms with E-state index in [0.29, 0.717) is 5.82 Å². The third-order valence-corrected chi connectivity index (χ3v) is 4.28. The van der Waals surface area contributed by atoms with Gasteiger partial charge in [0.05, 0.1) is 5.56 Å². The van der Waals surface area contributed by atoms with Gasteiger partial charge >= 0.3 is 0 Å². The van der Waals surface area contributed by atoms with Crippen LogP contribution in [-0.4, -0.2) is 5.16 Å². The van der Waals surface area contributed by atoms with Gasteiger partial charge < -0.3 is 10.3 Å². The summed E-state index contributed by atoms with van der Waals surface area (Å²) in [7, 11) is 0. The Labute approximate surface area is 113 Å². The summed E-state index contributed by atoms with van der Waals surface area (Å²) >= 11 is 0. The highest BCUT2D eigenvalue weighted by atomic mass is 16.5. The summed E-state index contributed by atoms with van der Waals surface area (Å²) in [6.07, 6.45) is 4.90. The van der Waals surface area contributed by atoms with Crippen molar-refractivity contribution in [1.82, 2.24) is 5.16 Å². The van der Waals surface area contributed by atoms with E-state index < -0.39 is 0 Å². The van der Waals surface area contributed by atoms with Gasteiger partial charge in [-0.1, -0.05) is 42.6 Å². The fourth-order valence-electron chi connectivity index (χ4n) is 2.64. The smallest absolute Gasteiger partial charge is 0.175 e. The van der Waals surface area contributed by atoms with Crippen molar-refractivity contribution in [1.29, 1.82) is 0 Å². The molecule has 0 amide bonds. The average Bonchev–Trinajstić information content (AvgIpc) is 2.69. The molecule has 2 N–H and O–H groups in total. The highest BCUT2D eigenvalue weighted by Gasteiger charge is 2.24. The molecule has 1 aromatic heterocycles. The first-order chi connectivity index (χ1) is 9.15. The summed E-state index contributed by atoms with van der Waals surface area (Å²) in [5.74, 6) is 2.21. The zero-order chi connectivity index (χ0) is 13.4. The van der Waals surface area contributed by atoms with Crippen molar-refractivity contribution in [3.63, 3.8) is 0 Å². The molecule has 0 unspecified atom stereocenters. The number of nitrogen functional groups attached to an aromatic ring is 1. The van der Waals surface area contributed by atoms with E-state index in [1.165, 1.54) is 30.4 Å². The molecule has 0 atom stereocenters. The second kappa shape index (κ2) is 4.72. The number of benzene rings is 1. The predicted molar refractivity (Wildman–Crippen MR) is 76.9 cm³/mol. The molecule has 0 spiro atoms. The molecule has 1 aliphatic rings. The summed E-state index contributed by atoms with van der Waals surface area (Å²) < 4.78 is 5.45. The van der Waals surface area contributed by atoms with Crippen molar-refractivity contribution in [2.45, 2.75) is 39.5 Å². The van der Waals surface area contributed by atoms with Gasteiger partial charge in [0.1, 0.15) is 5.76 Å². The Balaban J connectivity index is 1.97. The van der Waals surface area contributed by atoms with Gasteiger partial charge in [0.25, 0.3) is 0 Å². The van der Waals surface area contributed by atoms with Gasteiger partial charge in [-0.15, -0.1) is 0 Å². The molecule has 0 aliphatic heterocycles. The van der Waals surface area contributed by atoms with Crippen molar-refractivity contribution in [3.8, 4) is 11.1 Å². The molecule has 1 aliphatic carbocycles. The van der Waals surface area contributed by atoms with E-state index in [4.69, 9.17) is 10.3 Å². The van der Waals surface area contributed by atoms with Gasteiger partial charge in [-0.05, 0) is 36.5 Å². The predicted octanol–water partition coefficient (Wildman–Crippen LogP) is 3.88. The molecular formula is C16H20N2O. The third-order valence-electron chi connectivity index (χ3n) is 4.28. The van der Waals surface area contributed by atoms with Crippen molar-refractivity contribution in [2.75, 3.05) is 5.73 Å². The molecule has 1 heterocycles. The molecule has 0 radical (unpaired) electrons. The Morgan fingerprint density at radius 2 is 2.05 bits per heavy atom. The molecule has 0 saturated heterocycles. The van der Waals surface area contributed by atoms with Gasteiger partial charge in [-0.2, -0.15) is 0 Å². The van der Waals surface area contributed by atoms with E-state index >= 15 is 0 Å². The lowest BCUT2D eigenvalue weighted by Gasteiger charge is -2.24. The van der Waals surface area contributed by atoms with E-state index in [-0.39, 0.29) is 0 Å². The monoisotopic (exact) mass is 256 g/mol. The molecule has 1 saturated carbocycles. The molecule has 3 rings (SSSR count). The Kier molecular flexibility index (Phi) is 3.05. The minimum absolute atomic E-state index is 0.512. The molecule has 100 valence electrons. The zero-order valence-electron chi connectivity index (χ0n) is 11.6. The second-order valence-electron chi connectivity index (χ2n) is 5.67. The topological polar surface area (TPSA) is 52.0 Å². The van der Waals surface area contributed by atoms with Gasteiger partial charge in [0.15, 0.2) is 5.82 Å². The normalized spacial score (nSPS) is 15.5. The zero-order valence-corrected chi connectivity index (χ0v) is 11.6. The minimum Gasteiger partial charge on any atom is -0.380 e. The van der Waals surface area contributed by atoms with Crippen LogP contribution in [0.5, 0.6) is 0 Å². The summed E-state index contributed by atoms with van der Waals surface area (Å²) in [6.45, 7) is 4.24. The maximum absolute atomic E-state index is 5.99. The summed E-state index contributed by atoms with van der Waals surface area (Å²) in [5.41, 5.74) is 10.7. The first kappa shape index (κ1) is 12.3. The lowest BCUT2D eigenvalue weighted by atomic mass is 9.81. The van der Waals surface area contributed by atoms with Crippen molar-refractivity contribution >= 4 is 5.82 Å². The first-order valence-corrected chi connectivity index (χ1v) is 6.97. The fraction of sp³-hybridized carbons (Fsp3) is 0.438. The molecule has 1 fully saturated rings. The van der Waals surface area contributed by atoms with E-state index in [1.54, 1.807) is 0 Å². The maximum Gasteiger partial charge on any atom is 0.175 e. The highest BCUT2D eigenvalue weighted by Crippen LogP contribution is 2.36. The van der Waals surface area contributed by atoms with E-state index in [2.05, 4.69) is 37.2 Å². The lowest BCUT2D eigenvalue weighted by Crippen LogP contribution is -2.13. The van der Waals surface area contributed by atoms with Crippen LogP contribution in [0.15, 0.2) is 22.7 Å². The molecule has 2 aromatic rings. The standard InChI is InChI=1S/C16H20N2O/c1-10-6-7-13(8-11(10)2)15-14(19-18-16(15)17)9-12-4-3-5-12/h6-8,12H,3-5,9H2,1-2H3,(H2,17,18). The number of nitrogens with two attached hydrogens (primary N) is 1. The van der Waals surface area contributed by atoms with Crippen LogP contribution < -0.4 is 5.73 Å². The number of anilines is 1. The highest BCUT2D eigenvalue weighted by molar-refractivity contribution is 5.76. The number of hydrogen-bond acceptors (Lipinski definition) is 3. The van der Waals surface area contributed by atoms with Crippen molar-refractivity contribution in [2.24, 2.45) is 5.92 Å². The molecule has 1 aromatic carbocycles. The Morgan fingerprint density at radius 3 is 2.68 bits per heavy atom. The molecule has 3 heteroatoms. The third kappa shape index (κ3) is 2.25. The number of rotatable bonds is 3. The van der Waals surface area contributed by atoms with E-state index in [0.717, 1.165) is 29.2 Å². The minimum atomic E-state index is 0.512.